The highest BCUT2D eigenvalue weighted by Gasteiger charge is 2.38. The number of imide groups is 1. The molecule has 0 fully saturated rings. The minimum Gasteiger partial charge on any atom is -0.493 e. The zero-order valence-corrected chi connectivity index (χ0v) is 14.8. The van der Waals surface area contributed by atoms with Gasteiger partial charge in [-0.2, -0.15) is 0 Å². The smallest absolute Gasteiger partial charge is 0.347 e. The molecule has 1 unspecified atom stereocenters. The van der Waals surface area contributed by atoms with Gasteiger partial charge in [-0.25, -0.2) is 22.9 Å². The van der Waals surface area contributed by atoms with Crippen LogP contribution in [0.3, 0.4) is 0 Å². The molecule has 10 heteroatoms. The lowest BCUT2D eigenvalue weighted by Gasteiger charge is -2.20. The van der Waals surface area contributed by atoms with Crippen molar-refractivity contribution < 1.29 is 27.5 Å². The number of rotatable bonds is 7. The van der Waals surface area contributed by atoms with Crippen molar-refractivity contribution in [3.63, 3.8) is 0 Å². The van der Waals surface area contributed by atoms with Gasteiger partial charge >= 0.3 is 6.03 Å². The number of sulfonamides is 1. The van der Waals surface area contributed by atoms with Crippen LogP contribution in [0.15, 0.2) is 23.2 Å². The number of urea groups is 1. The number of carbonyl (C=O) groups excluding carboxylic acids is 2. The first-order chi connectivity index (χ1) is 11.8. The Morgan fingerprint density at radius 3 is 2.48 bits per heavy atom. The molecule has 2 N–H and O–H groups in total. The SMILES string of the molecule is COc1ccc(CCNS(=O)(=O)C2C(=O)NC(=O)N=C2C)cc1OC. The maximum atomic E-state index is 12.3. The normalized spacial score (nSPS) is 17.7. The second-order valence-electron chi connectivity index (χ2n) is 5.31. The average molecular weight is 369 g/mol. The molecule has 0 bridgehead atoms. The third kappa shape index (κ3) is 4.34. The summed E-state index contributed by atoms with van der Waals surface area (Å²) in [5, 5.41) is 0.369. The fraction of sp³-hybridized carbons (Fsp3) is 0.400. The molecule has 3 amide bonds. The lowest BCUT2D eigenvalue weighted by atomic mass is 10.1. The second-order valence-corrected chi connectivity index (χ2v) is 7.16. The highest BCUT2D eigenvalue weighted by atomic mass is 32.2. The fourth-order valence-corrected chi connectivity index (χ4v) is 3.83. The van der Waals surface area contributed by atoms with Gasteiger partial charge in [0.05, 0.1) is 14.2 Å². The van der Waals surface area contributed by atoms with Gasteiger partial charge in [-0.1, -0.05) is 6.07 Å². The molecule has 0 spiro atoms. The average Bonchev–Trinajstić information content (AvgIpc) is 2.53. The van der Waals surface area contributed by atoms with E-state index in [2.05, 4.69) is 9.71 Å². The summed E-state index contributed by atoms with van der Waals surface area (Å²) in [6.07, 6.45) is 0.378. The molecular formula is C15H19N3O6S. The van der Waals surface area contributed by atoms with Crippen LogP contribution in [0.4, 0.5) is 4.79 Å². The summed E-state index contributed by atoms with van der Waals surface area (Å²) in [4.78, 5) is 26.4. The Hall–Kier alpha value is -2.46. The molecule has 1 heterocycles. The quantitative estimate of drug-likeness (QED) is 0.710. The van der Waals surface area contributed by atoms with Crippen LogP contribution in [0.5, 0.6) is 11.5 Å². The van der Waals surface area contributed by atoms with Gasteiger partial charge in [0.1, 0.15) is 0 Å². The van der Waals surface area contributed by atoms with E-state index in [-0.39, 0.29) is 12.3 Å². The Labute approximate surface area is 145 Å². The molecule has 1 aliphatic rings. The van der Waals surface area contributed by atoms with Gasteiger partial charge in [0.2, 0.25) is 10.0 Å². The van der Waals surface area contributed by atoms with Crippen LogP contribution >= 0.6 is 0 Å². The summed E-state index contributed by atoms with van der Waals surface area (Å²) >= 11 is 0. The molecule has 25 heavy (non-hydrogen) atoms. The molecule has 136 valence electrons. The van der Waals surface area contributed by atoms with Gasteiger partial charge in [0.25, 0.3) is 5.91 Å². The van der Waals surface area contributed by atoms with E-state index in [9.17, 15) is 18.0 Å². The molecule has 1 aromatic rings. The largest absolute Gasteiger partial charge is 0.493 e. The van der Waals surface area contributed by atoms with E-state index in [0.717, 1.165) is 5.56 Å². The Bertz CT molecular complexity index is 819. The van der Waals surface area contributed by atoms with Gasteiger partial charge in [-0.05, 0) is 31.0 Å². The minimum atomic E-state index is -4.00. The van der Waals surface area contributed by atoms with Crippen molar-refractivity contribution in [3.8, 4) is 11.5 Å². The molecule has 0 saturated carbocycles. The van der Waals surface area contributed by atoms with E-state index in [1.165, 1.54) is 21.1 Å². The van der Waals surface area contributed by atoms with E-state index in [0.29, 0.717) is 17.9 Å². The molecule has 0 radical (unpaired) electrons. The first-order valence-corrected chi connectivity index (χ1v) is 8.92. The topological polar surface area (TPSA) is 123 Å². The molecule has 1 aliphatic heterocycles. The zero-order chi connectivity index (χ0) is 18.6. The Morgan fingerprint density at radius 1 is 1.20 bits per heavy atom. The van der Waals surface area contributed by atoms with Gasteiger partial charge in [-0.15, -0.1) is 0 Å². The van der Waals surface area contributed by atoms with Crippen LogP contribution in [0.1, 0.15) is 12.5 Å². The first kappa shape index (κ1) is 18.9. The summed E-state index contributed by atoms with van der Waals surface area (Å²) in [5.74, 6) is 0.203. The second kappa shape index (κ2) is 7.62. The van der Waals surface area contributed by atoms with Gasteiger partial charge in [0.15, 0.2) is 16.7 Å². The maximum absolute atomic E-state index is 12.3. The predicted molar refractivity (Wildman–Crippen MR) is 90.6 cm³/mol. The van der Waals surface area contributed by atoms with Crippen molar-refractivity contribution >= 4 is 27.7 Å². The number of nitrogens with zero attached hydrogens (tertiary/aromatic N) is 1. The van der Waals surface area contributed by atoms with Crippen molar-refractivity contribution in [2.24, 2.45) is 4.99 Å². The van der Waals surface area contributed by atoms with E-state index in [1.54, 1.807) is 18.2 Å². The molecule has 0 aliphatic carbocycles. The highest BCUT2D eigenvalue weighted by molar-refractivity contribution is 7.91. The van der Waals surface area contributed by atoms with E-state index in [1.807, 2.05) is 5.32 Å². The monoisotopic (exact) mass is 369 g/mol. The van der Waals surface area contributed by atoms with Gasteiger partial charge in [-0.3, -0.25) is 10.1 Å². The number of hydrogen-bond acceptors (Lipinski definition) is 6. The summed E-state index contributed by atoms with van der Waals surface area (Å²) in [7, 11) is -0.972. The minimum absolute atomic E-state index is 0.0626. The third-order valence-electron chi connectivity index (χ3n) is 3.60. The van der Waals surface area contributed by atoms with Crippen molar-refractivity contribution in [2.75, 3.05) is 20.8 Å². The number of aliphatic imine (C=N–C) groups is 1. The van der Waals surface area contributed by atoms with Crippen molar-refractivity contribution in [1.82, 2.24) is 10.0 Å². The summed E-state index contributed by atoms with van der Waals surface area (Å²) in [5.41, 5.74) is 0.765. The van der Waals surface area contributed by atoms with Crippen LogP contribution in [0.25, 0.3) is 0 Å². The molecular weight excluding hydrogens is 350 g/mol. The number of benzene rings is 1. The molecule has 0 saturated heterocycles. The summed E-state index contributed by atoms with van der Waals surface area (Å²) in [6, 6.07) is 4.39. The van der Waals surface area contributed by atoms with Gasteiger partial charge in [0, 0.05) is 12.3 Å². The Balaban J connectivity index is 2.05. The van der Waals surface area contributed by atoms with Crippen LogP contribution in [0, 0.1) is 0 Å². The molecule has 2 rings (SSSR count). The first-order valence-electron chi connectivity index (χ1n) is 7.38. The predicted octanol–water partition coefficient (Wildman–Crippen LogP) is 0.245. The highest BCUT2D eigenvalue weighted by Crippen LogP contribution is 2.27. The van der Waals surface area contributed by atoms with E-state index < -0.39 is 27.2 Å². The van der Waals surface area contributed by atoms with Crippen LogP contribution in [-0.4, -0.2) is 52.1 Å². The zero-order valence-electron chi connectivity index (χ0n) is 14.0. The number of nitrogens with one attached hydrogen (secondary N) is 2. The third-order valence-corrected chi connectivity index (χ3v) is 5.38. The van der Waals surface area contributed by atoms with Gasteiger partial charge < -0.3 is 9.47 Å². The lowest BCUT2D eigenvalue weighted by Crippen LogP contribution is -2.53. The number of methoxy groups -OCH3 is 2. The maximum Gasteiger partial charge on any atom is 0.347 e. The molecule has 9 nitrogen and oxygen atoms in total. The summed E-state index contributed by atoms with van der Waals surface area (Å²) < 4.78 is 37.3. The van der Waals surface area contributed by atoms with Crippen LogP contribution in [0.2, 0.25) is 0 Å². The van der Waals surface area contributed by atoms with Crippen LogP contribution in [-0.2, 0) is 21.2 Å². The molecule has 1 atom stereocenters. The number of hydrogen-bond donors (Lipinski definition) is 2. The van der Waals surface area contributed by atoms with E-state index >= 15 is 0 Å². The van der Waals surface area contributed by atoms with Crippen molar-refractivity contribution in [1.29, 1.82) is 0 Å². The summed E-state index contributed by atoms with van der Waals surface area (Å²) in [6.45, 7) is 1.40. The van der Waals surface area contributed by atoms with Crippen molar-refractivity contribution in [3.05, 3.63) is 23.8 Å². The van der Waals surface area contributed by atoms with Crippen LogP contribution < -0.4 is 19.5 Å². The van der Waals surface area contributed by atoms with E-state index in [4.69, 9.17) is 9.47 Å². The fourth-order valence-electron chi connectivity index (χ4n) is 2.43. The standard InChI is InChI=1S/C15H19N3O6S/c1-9-13(14(19)18-15(20)17-9)25(21,22)16-7-6-10-4-5-11(23-2)12(8-10)24-3/h4-5,8,13,16H,6-7H2,1-3H3,(H,18,19,20). The van der Waals surface area contributed by atoms with Crippen molar-refractivity contribution in [2.45, 2.75) is 18.6 Å². The number of carbonyl (C=O) groups is 2. The molecule has 0 aromatic heterocycles. The number of ether oxygens (including phenoxy) is 2. The number of amides is 3. The molecule has 1 aromatic carbocycles. The Kier molecular flexibility index (Phi) is 5.75. The Morgan fingerprint density at radius 2 is 1.88 bits per heavy atom. The lowest BCUT2D eigenvalue weighted by molar-refractivity contribution is -0.118.